The summed E-state index contributed by atoms with van der Waals surface area (Å²) >= 11 is 0. The number of carbonyl (C=O) groups is 2. The third-order valence-corrected chi connectivity index (χ3v) is 5.24. The van der Waals surface area contributed by atoms with E-state index >= 15 is 0 Å². The van der Waals surface area contributed by atoms with Crippen LogP contribution in [0.2, 0.25) is 0 Å². The van der Waals surface area contributed by atoms with Gasteiger partial charge in [0.05, 0.1) is 12.3 Å². The zero-order chi connectivity index (χ0) is 17.4. The molecule has 2 aromatic rings. The van der Waals surface area contributed by atoms with Crippen LogP contribution < -0.4 is 10.2 Å². The van der Waals surface area contributed by atoms with E-state index in [-0.39, 0.29) is 17.9 Å². The van der Waals surface area contributed by atoms with Gasteiger partial charge in [0.25, 0.3) is 0 Å². The Morgan fingerprint density at radius 1 is 1.20 bits per heavy atom. The van der Waals surface area contributed by atoms with E-state index in [1.54, 1.807) is 11.2 Å². The third-order valence-electron chi connectivity index (χ3n) is 5.24. The van der Waals surface area contributed by atoms with E-state index < -0.39 is 5.92 Å². The van der Waals surface area contributed by atoms with E-state index in [1.165, 1.54) is 0 Å². The summed E-state index contributed by atoms with van der Waals surface area (Å²) < 4.78 is 5.47. The molecule has 0 bridgehead atoms. The maximum atomic E-state index is 12.7. The normalized spacial score (nSPS) is 22.8. The number of benzene rings is 1. The van der Waals surface area contributed by atoms with Crippen molar-refractivity contribution in [3.8, 4) is 0 Å². The number of carbonyl (C=O) groups excluding carboxylic acids is 2. The molecule has 1 aliphatic carbocycles. The average Bonchev–Trinajstić information content (AvgIpc) is 3.23. The number of nitrogens with zero attached hydrogens (tertiary/aromatic N) is 1. The Morgan fingerprint density at radius 3 is 2.80 bits per heavy atom. The van der Waals surface area contributed by atoms with Crippen molar-refractivity contribution in [1.29, 1.82) is 0 Å². The van der Waals surface area contributed by atoms with E-state index in [2.05, 4.69) is 5.32 Å². The molecule has 1 aliphatic heterocycles. The van der Waals surface area contributed by atoms with Crippen LogP contribution in [0.1, 0.15) is 42.2 Å². The molecule has 0 radical (unpaired) electrons. The zero-order valence-electron chi connectivity index (χ0n) is 14.3. The summed E-state index contributed by atoms with van der Waals surface area (Å²) in [6.45, 7) is 2.60. The van der Waals surface area contributed by atoms with E-state index in [4.69, 9.17) is 4.42 Å². The molecule has 5 nitrogen and oxygen atoms in total. The van der Waals surface area contributed by atoms with Crippen molar-refractivity contribution in [3.05, 3.63) is 53.5 Å². The largest absolute Gasteiger partial charge is 0.469 e. The minimum Gasteiger partial charge on any atom is -0.469 e. The zero-order valence-corrected chi connectivity index (χ0v) is 14.3. The van der Waals surface area contributed by atoms with E-state index in [0.717, 1.165) is 41.8 Å². The Balaban J connectivity index is 1.45. The number of hydrogen-bond acceptors (Lipinski definition) is 3. The van der Waals surface area contributed by atoms with E-state index in [1.807, 2.05) is 37.3 Å². The van der Waals surface area contributed by atoms with Crippen molar-refractivity contribution in [1.82, 2.24) is 5.32 Å². The van der Waals surface area contributed by atoms with Crippen LogP contribution in [0.15, 0.2) is 41.0 Å². The SMILES string of the molecule is Cc1ccc(N2CCC(C(=O)NC3CCCc4occc43)C2=O)cc1. The number of fused-ring (bicyclic) bond motifs is 1. The lowest BCUT2D eigenvalue weighted by Crippen LogP contribution is -2.39. The van der Waals surface area contributed by atoms with Crippen molar-refractivity contribution >= 4 is 17.5 Å². The molecule has 5 heteroatoms. The molecule has 2 unspecified atom stereocenters. The Morgan fingerprint density at radius 2 is 2.00 bits per heavy atom. The first-order valence-electron chi connectivity index (χ1n) is 8.88. The summed E-state index contributed by atoms with van der Waals surface area (Å²) in [6.07, 6.45) is 5.02. The van der Waals surface area contributed by atoms with Crippen LogP contribution in [-0.4, -0.2) is 18.4 Å². The molecule has 130 valence electrons. The second-order valence-corrected chi connectivity index (χ2v) is 6.92. The number of nitrogens with one attached hydrogen (secondary N) is 1. The average molecular weight is 338 g/mol. The highest BCUT2D eigenvalue weighted by atomic mass is 16.3. The molecule has 1 saturated heterocycles. The monoisotopic (exact) mass is 338 g/mol. The lowest BCUT2D eigenvalue weighted by Gasteiger charge is -2.24. The highest BCUT2D eigenvalue weighted by Crippen LogP contribution is 2.32. The minimum atomic E-state index is -0.599. The van der Waals surface area contributed by atoms with Crippen LogP contribution in [-0.2, 0) is 16.0 Å². The maximum Gasteiger partial charge on any atom is 0.239 e. The number of rotatable bonds is 3. The first kappa shape index (κ1) is 15.9. The molecule has 1 aromatic carbocycles. The second kappa shape index (κ2) is 6.39. The van der Waals surface area contributed by atoms with E-state index in [9.17, 15) is 9.59 Å². The van der Waals surface area contributed by atoms with Gasteiger partial charge in [0.2, 0.25) is 11.8 Å². The number of hydrogen-bond donors (Lipinski definition) is 1. The molecule has 2 atom stereocenters. The first-order chi connectivity index (χ1) is 12.1. The van der Waals surface area contributed by atoms with Crippen LogP contribution in [0.25, 0.3) is 0 Å². The van der Waals surface area contributed by atoms with Crippen LogP contribution in [0.4, 0.5) is 5.69 Å². The summed E-state index contributed by atoms with van der Waals surface area (Å²) in [5.41, 5.74) is 3.07. The minimum absolute atomic E-state index is 0.0452. The quantitative estimate of drug-likeness (QED) is 0.875. The smallest absolute Gasteiger partial charge is 0.239 e. The maximum absolute atomic E-state index is 12.7. The summed E-state index contributed by atoms with van der Waals surface area (Å²) in [5, 5.41) is 3.07. The third kappa shape index (κ3) is 2.95. The molecule has 25 heavy (non-hydrogen) atoms. The summed E-state index contributed by atoms with van der Waals surface area (Å²) in [4.78, 5) is 27.1. The molecule has 0 spiro atoms. The predicted molar refractivity (Wildman–Crippen MR) is 94.2 cm³/mol. The second-order valence-electron chi connectivity index (χ2n) is 6.92. The van der Waals surface area contributed by atoms with Gasteiger partial charge in [-0.05, 0) is 44.4 Å². The van der Waals surface area contributed by atoms with Crippen molar-refractivity contribution in [3.63, 3.8) is 0 Å². The fourth-order valence-corrected chi connectivity index (χ4v) is 3.81. The van der Waals surface area contributed by atoms with Crippen LogP contribution in [0, 0.1) is 12.8 Å². The number of anilines is 1. The van der Waals surface area contributed by atoms with Gasteiger partial charge in [-0.15, -0.1) is 0 Å². The van der Waals surface area contributed by atoms with Crippen molar-refractivity contribution < 1.29 is 14.0 Å². The Hall–Kier alpha value is -2.56. The van der Waals surface area contributed by atoms with Crippen molar-refractivity contribution in [2.45, 2.75) is 38.6 Å². The Kier molecular flexibility index (Phi) is 4.07. The van der Waals surface area contributed by atoms with Crippen molar-refractivity contribution in [2.24, 2.45) is 5.92 Å². The fraction of sp³-hybridized carbons (Fsp3) is 0.400. The lowest BCUT2D eigenvalue weighted by molar-refractivity contribution is -0.132. The molecule has 2 amide bonds. The number of amides is 2. The molecule has 2 heterocycles. The summed E-state index contributed by atoms with van der Waals surface area (Å²) in [6, 6.07) is 9.72. The summed E-state index contributed by atoms with van der Waals surface area (Å²) in [7, 11) is 0. The predicted octanol–water partition coefficient (Wildman–Crippen LogP) is 3.13. The van der Waals surface area contributed by atoms with Gasteiger partial charge in [0.15, 0.2) is 0 Å². The molecular weight excluding hydrogens is 316 g/mol. The van der Waals surface area contributed by atoms with Gasteiger partial charge in [-0.1, -0.05) is 17.7 Å². The highest BCUT2D eigenvalue weighted by molar-refractivity contribution is 6.09. The summed E-state index contributed by atoms with van der Waals surface area (Å²) in [5.74, 6) is 0.0809. The van der Waals surface area contributed by atoms with Gasteiger partial charge in [-0.3, -0.25) is 9.59 Å². The van der Waals surface area contributed by atoms with Gasteiger partial charge < -0.3 is 14.6 Å². The molecule has 1 aromatic heterocycles. The van der Waals surface area contributed by atoms with Gasteiger partial charge in [0, 0.05) is 24.2 Å². The highest BCUT2D eigenvalue weighted by Gasteiger charge is 2.38. The first-order valence-corrected chi connectivity index (χ1v) is 8.88. The number of furan rings is 1. The Labute approximate surface area is 147 Å². The molecule has 1 N–H and O–H groups in total. The molecular formula is C20H22N2O3. The fourth-order valence-electron chi connectivity index (χ4n) is 3.81. The number of aryl methyl sites for hydroxylation is 2. The Bertz CT molecular complexity index is 794. The van der Waals surface area contributed by atoms with Gasteiger partial charge >= 0.3 is 0 Å². The van der Waals surface area contributed by atoms with E-state index in [0.29, 0.717) is 13.0 Å². The topological polar surface area (TPSA) is 62.6 Å². The van der Waals surface area contributed by atoms with Crippen LogP contribution in [0.5, 0.6) is 0 Å². The molecule has 1 fully saturated rings. The standard InChI is InChI=1S/C20H22N2O3/c1-13-5-7-14(8-6-13)22-11-9-16(20(22)24)19(23)21-17-3-2-4-18-15(17)10-12-25-18/h5-8,10,12,16-17H,2-4,9,11H2,1H3,(H,21,23). The molecule has 2 aliphatic rings. The van der Waals surface area contributed by atoms with Crippen LogP contribution in [0.3, 0.4) is 0 Å². The molecule has 0 saturated carbocycles. The van der Waals surface area contributed by atoms with Crippen LogP contribution >= 0.6 is 0 Å². The lowest BCUT2D eigenvalue weighted by atomic mass is 9.93. The van der Waals surface area contributed by atoms with Gasteiger partial charge in [0.1, 0.15) is 11.7 Å². The molecule has 4 rings (SSSR count). The van der Waals surface area contributed by atoms with Gasteiger partial charge in [-0.25, -0.2) is 0 Å². The van der Waals surface area contributed by atoms with Gasteiger partial charge in [-0.2, -0.15) is 0 Å². The van der Waals surface area contributed by atoms with Crippen molar-refractivity contribution in [2.75, 3.05) is 11.4 Å².